The number of rotatable bonds is 10. The van der Waals surface area contributed by atoms with Gasteiger partial charge in [0.2, 0.25) is 0 Å². The van der Waals surface area contributed by atoms with Crippen molar-refractivity contribution in [3.63, 3.8) is 0 Å². The summed E-state index contributed by atoms with van der Waals surface area (Å²) in [6.07, 6.45) is 19.3. The van der Waals surface area contributed by atoms with Crippen molar-refractivity contribution in [1.29, 1.82) is 5.26 Å². The minimum absolute atomic E-state index is 0.729. The molecule has 0 fully saturated rings. The summed E-state index contributed by atoms with van der Waals surface area (Å²) in [4.78, 5) is 0. The molecule has 0 aliphatic carbocycles. The Morgan fingerprint density at radius 1 is 0.875 bits per heavy atom. The van der Waals surface area contributed by atoms with Crippen molar-refractivity contribution >= 4 is 0 Å². The van der Waals surface area contributed by atoms with Crippen molar-refractivity contribution in [3.8, 4) is 6.07 Å². The summed E-state index contributed by atoms with van der Waals surface area (Å²) < 4.78 is 0. The van der Waals surface area contributed by atoms with Crippen molar-refractivity contribution in [1.82, 2.24) is 0 Å². The highest BCUT2D eigenvalue weighted by Gasteiger charge is 1.89. The lowest BCUT2D eigenvalue weighted by Gasteiger charge is -1.98. The minimum Gasteiger partial charge on any atom is -0.198 e. The van der Waals surface area contributed by atoms with Gasteiger partial charge in [0.05, 0.1) is 6.07 Å². The Morgan fingerprint density at radius 2 is 1.50 bits per heavy atom. The third kappa shape index (κ3) is 13.0. The van der Waals surface area contributed by atoms with Crippen LogP contribution >= 0.6 is 0 Å². The van der Waals surface area contributed by atoms with E-state index in [2.05, 4.69) is 37.3 Å². The van der Waals surface area contributed by atoms with E-state index in [4.69, 9.17) is 5.26 Å². The highest BCUT2D eigenvalue weighted by molar-refractivity contribution is 5.01. The lowest BCUT2D eigenvalue weighted by Crippen LogP contribution is -1.79. The van der Waals surface area contributed by atoms with E-state index in [1.807, 2.05) is 0 Å². The molecule has 0 radical (unpaired) electrons. The molecule has 0 aromatic rings. The molecule has 1 nitrogen and oxygen atoms in total. The van der Waals surface area contributed by atoms with Gasteiger partial charge in [-0.05, 0) is 25.7 Å². The molecule has 0 aliphatic heterocycles. The standard InChI is InChI=1S/C15H25N/c1-2-3-4-5-6-7-8-9-10-11-12-13-14-15-16/h3-6H,2,7-14H2,1H3/b4-3+,6-5-. The Kier molecular flexibility index (Phi) is 13.1. The molecule has 0 aromatic carbocycles. The predicted octanol–water partition coefficient (Wildman–Crippen LogP) is 5.15. The molecule has 0 aromatic heterocycles. The Labute approximate surface area is 101 Å². The van der Waals surface area contributed by atoms with Gasteiger partial charge < -0.3 is 0 Å². The van der Waals surface area contributed by atoms with E-state index in [9.17, 15) is 0 Å². The van der Waals surface area contributed by atoms with E-state index in [1.54, 1.807) is 0 Å². The first kappa shape index (κ1) is 15.0. The number of nitrogens with zero attached hydrogens (tertiary/aromatic N) is 1. The zero-order valence-corrected chi connectivity index (χ0v) is 10.6. The van der Waals surface area contributed by atoms with E-state index in [1.165, 1.54) is 38.5 Å². The van der Waals surface area contributed by atoms with Crippen LogP contribution in [0.15, 0.2) is 24.3 Å². The lowest BCUT2D eigenvalue weighted by atomic mass is 10.1. The Balaban J connectivity index is 3.07. The van der Waals surface area contributed by atoms with Gasteiger partial charge in [-0.15, -0.1) is 0 Å². The summed E-state index contributed by atoms with van der Waals surface area (Å²) in [6, 6.07) is 2.19. The topological polar surface area (TPSA) is 23.8 Å². The summed E-state index contributed by atoms with van der Waals surface area (Å²) in [6.45, 7) is 2.15. The number of nitriles is 1. The number of hydrogen-bond donors (Lipinski definition) is 0. The van der Waals surface area contributed by atoms with E-state index in [0.29, 0.717) is 0 Å². The molecule has 90 valence electrons. The zero-order chi connectivity index (χ0) is 11.9. The summed E-state index contributed by atoms with van der Waals surface area (Å²) in [5, 5.41) is 8.36. The lowest BCUT2D eigenvalue weighted by molar-refractivity contribution is 0.601. The summed E-state index contributed by atoms with van der Waals surface area (Å²) in [5.41, 5.74) is 0. The average Bonchev–Trinajstić information content (AvgIpc) is 2.31. The molecule has 1 heteroatoms. The molecule has 0 aliphatic rings. The van der Waals surface area contributed by atoms with Crippen LogP contribution in [0.5, 0.6) is 0 Å². The van der Waals surface area contributed by atoms with Gasteiger partial charge in [0, 0.05) is 6.42 Å². The molecule has 0 saturated heterocycles. The Morgan fingerprint density at radius 3 is 2.19 bits per heavy atom. The van der Waals surface area contributed by atoms with Crippen LogP contribution in [0.2, 0.25) is 0 Å². The molecule has 0 bridgehead atoms. The van der Waals surface area contributed by atoms with E-state index >= 15 is 0 Å². The zero-order valence-electron chi connectivity index (χ0n) is 10.6. The van der Waals surface area contributed by atoms with Crippen molar-refractivity contribution in [2.45, 2.75) is 64.7 Å². The van der Waals surface area contributed by atoms with Crippen LogP contribution < -0.4 is 0 Å². The minimum atomic E-state index is 0.729. The maximum atomic E-state index is 8.36. The third-order valence-electron chi connectivity index (χ3n) is 2.53. The highest BCUT2D eigenvalue weighted by Crippen LogP contribution is 2.08. The molecule has 0 spiro atoms. The van der Waals surface area contributed by atoms with Gasteiger partial charge >= 0.3 is 0 Å². The quantitative estimate of drug-likeness (QED) is 0.368. The highest BCUT2D eigenvalue weighted by atomic mass is 14.2. The van der Waals surface area contributed by atoms with Crippen LogP contribution in [0.25, 0.3) is 0 Å². The summed E-state index contributed by atoms with van der Waals surface area (Å²) >= 11 is 0. The van der Waals surface area contributed by atoms with E-state index < -0.39 is 0 Å². The van der Waals surface area contributed by atoms with Gasteiger partial charge in [0.1, 0.15) is 0 Å². The Hall–Kier alpha value is -1.03. The van der Waals surface area contributed by atoms with Crippen molar-refractivity contribution in [2.24, 2.45) is 0 Å². The van der Waals surface area contributed by atoms with E-state index in [-0.39, 0.29) is 0 Å². The average molecular weight is 219 g/mol. The second-order valence-corrected chi connectivity index (χ2v) is 4.08. The van der Waals surface area contributed by atoms with Crippen LogP contribution in [-0.4, -0.2) is 0 Å². The normalized spacial score (nSPS) is 11.2. The van der Waals surface area contributed by atoms with Gasteiger partial charge in [-0.25, -0.2) is 0 Å². The molecule has 16 heavy (non-hydrogen) atoms. The number of hydrogen-bond acceptors (Lipinski definition) is 1. The first-order chi connectivity index (χ1) is 7.91. The van der Waals surface area contributed by atoms with Crippen LogP contribution in [0.4, 0.5) is 0 Å². The van der Waals surface area contributed by atoms with Crippen molar-refractivity contribution < 1.29 is 0 Å². The maximum absolute atomic E-state index is 8.36. The van der Waals surface area contributed by atoms with Crippen molar-refractivity contribution in [3.05, 3.63) is 24.3 Å². The summed E-state index contributed by atoms with van der Waals surface area (Å²) in [5.74, 6) is 0. The van der Waals surface area contributed by atoms with Gasteiger partial charge in [-0.1, -0.05) is 56.9 Å². The van der Waals surface area contributed by atoms with Crippen LogP contribution in [-0.2, 0) is 0 Å². The monoisotopic (exact) mass is 219 g/mol. The molecule has 0 unspecified atom stereocenters. The predicted molar refractivity (Wildman–Crippen MR) is 71.1 cm³/mol. The molecule has 0 N–H and O–H groups in total. The molecular formula is C15H25N. The van der Waals surface area contributed by atoms with Crippen LogP contribution in [0.3, 0.4) is 0 Å². The van der Waals surface area contributed by atoms with Crippen molar-refractivity contribution in [2.75, 3.05) is 0 Å². The molecular weight excluding hydrogens is 194 g/mol. The second-order valence-electron chi connectivity index (χ2n) is 4.08. The number of unbranched alkanes of at least 4 members (excludes halogenated alkanes) is 7. The van der Waals surface area contributed by atoms with Crippen LogP contribution in [0, 0.1) is 11.3 Å². The Bertz CT molecular complexity index is 220. The SMILES string of the molecule is CC/C=C/C=C\CCCCCCCCC#N. The van der Waals surface area contributed by atoms with Gasteiger partial charge in [-0.2, -0.15) is 5.26 Å². The maximum Gasteiger partial charge on any atom is 0.0621 e. The fourth-order valence-electron chi connectivity index (χ4n) is 1.56. The molecule has 0 rings (SSSR count). The first-order valence-electron chi connectivity index (χ1n) is 6.60. The van der Waals surface area contributed by atoms with Gasteiger partial charge in [-0.3, -0.25) is 0 Å². The van der Waals surface area contributed by atoms with Gasteiger partial charge in [0.25, 0.3) is 0 Å². The number of allylic oxidation sites excluding steroid dienone is 4. The molecule has 0 atom stereocenters. The van der Waals surface area contributed by atoms with Gasteiger partial charge in [0.15, 0.2) is 0 Å². The molecule has 0 heterocycles. The smallest absolute Gasteiger partial charge is 0.0621 e. The molecule has 0 amide bonds. The largest absolute Gasteiger partial charge is 0.198 e. The molecule has 0 saturated carbocycles. The third-order valence-corrected chi connectivity index (χ3v) is 2.53. The second kappa shape index (κ2) is 14.0. The van der Waals surface area contributed by atoms with E-state index in [0.717, 1.165) is 19.3 Å². The fourth-order valence-corrected chi connectivity index (χ4v) is 1.56. The summed E-state index contributed by atoms with van der Waals surface area (Å²) in [7, 11) is 0. The fraction of sp³-hybridized carbons (Fsp3) is 0.667. The first-order valence-corrected chi connectivity index (χ1v) is 6.60. The van der Waals surface area contributed by atoms with Crippen LogP contribution in [0.1, 0.15) is 64.7 Å².